The van der Waals surface area contributed by atoms with E-state index in [2.05, 4.69) is 42.6 Å². The quantitative estimate of drug-likeness (QED) is 0.220. The molecule has 5 atom stereocenters. The number of benzene rings is 1. The number of hydrogen-bond acceptors (Lipinski definition) is 8. The Kier molecular flexibility index (Phi) is 12.9. The number of ether oxygens (including phenoxy) is 3. The molecule has 2 unspecified atom stereocenters. The van der Waals surface area contributed by atoms with E-state index in [0.717, 1.165) is 50.8 Å². The van der Waals surface area contributed by atoms with Gasteiger partial charge in [-0.3, -0.25) is 14.5 Å². The van der Waals surface area contributed by atoms with Gasteiger partial charge in [0.2, 0.25) is 18.4 Å². The third-order valence-electron chi connectivity index (χ3n) is 9.87. The Labute approximate surface area is 268 Å². The van der Waals surface area contributed by atoms with Gasteiger partial charge >= 0.3 is 5.97 Å². The Morgan fingerprint density at radius 2 is 1.87 bits per heavy atom. The number of nitrogens with zero attached hydrogens (tertiary/aromatic N) is 4. The molecule has 0 bridgehead atoms. The lowest BCUT2D eigenvalue weighted by molar-refractivity contribution is -0.143. The number of carboxylic acids is 1. The molecule has 0 aliphatic carbocycles. The lowest BCUT2D eigenvalue weighted by atomic mass is 9.83. The van der Waals surface area contributed by atoms with Crippen molar-refractivity contribution in [3.63, 3.8) is 0 Å². The number of carboxylic acid groups (broad SMARTS) is 1. The van der Waals surface area contributed by atoms with E-state index in [9.17, 15) is 14.7 Å². The molecular formula is C35H52N4O6. The standard InChI is InChI=1S/C35H52N4O6/c1-6-9-17-38(18-10-12-25(8-3)24(4)7-2)32(40)22-39-21-27(26-19-29(43-5)34-30(20-26)44-23-45-34)33(35(41)42)28(39)13-14-31-36-15-11-16-37-31/h11,15-16,19-20,24-25,27-28,33H,6-10,12-14,17-18,21-23H2,1-5H3,(H,41,42)/t24?,25?,27-,28+,33-/m1/s1. The van der Waals surface area contributed by atoms with E-state index >= 15 is 0 Å². The molecule has 1 amide bonds. The van der Waals surface area contributed by atoms with E-state index in [0.29, 0.717) is 54.3 Å². The van der Waals surface area contributed by atoms with Gasteiger partial charge in [0, 0.05) is 50.4 Å². The predicted octanol–water partition coefficient (Wildman–Crippen LogP) is 5.80. The predicted molar refractivity (Wildman–Crippen MR) is 173 cm³/mol. The third kappa shape index (κ3) is 8.66. The summed E-state index contributed by atoms with van der Waals surface area (Å²) in [6.07, 6.45) is 10.8. The molecule has 2 aliphatic rings. The van der Waals surface area contributed by atoms with Gasteiger partial charge in [-0.15, -0.1) is 0 Å². The highest BCUT2D eigenvalue weighted by Crippen LogP contribution is 2.47. The molecule has 45 heavy (non-hydrogen) atoms. The lowest BCUT2D eigenvalue weighted by Gasteiger charge is -2.30. The number of unbranched alkanes of at least 4 members (excludes halogenated alkanes) is 1. The maximum Gasteiger partial charge on any atom is 0.308 e. The van der Waals surface area contributed by atoms with Gasteiger partial charge < -0.3 is 24.2 Å². The first kappa shape index (κ1) is 34.5. The van der Waals surface area contributed by atoms with Crippen LogP contribution in [0.15, 0.2) is 30.6 Å². The van der Waals surface area contributed by atoms with E-state index in [4.69, 9.17) is 14.2 Å². The van der Waals surface area contributed by atoms with Crippen molar-refractivity contribution in [1.29, 1.82) is 0 Å². The highest BCUT2D eigenvalue weighted by molar-refractivity contribution is 5.79. The average molecular weight is 625 g/mol. The summed E-state index contributed by atoms with van der Waals surface area (Å²) < 4.78 is 16.8. The summed E-state index contributed by atoms with van der Waals surface area (Å²) in [6.45, 7) is 11.1. The number of carbonyl (C=O) groups is 2. The molecule has 1 saturated heterocycles. The summed E-state index contributed by atoms with van der Waals surface area (Å²) >= 11 is 0. The molecule has 10 nitrogen and oxygen atoms in total. The smallest absolute Gasteiger partial charge is 0.308 e. The van der Waals surface area contributed by atoms with Crippen LogP contribution in [0.2, 0.25) is 0 Å². The highest BCUT2D eigenvalue weighted by Gasteiger charge is 2.47. The van der Waals surface area contributed by atoms with Gasteiger partial charge in [0.1, 0.15) is 5.82 Å². The molecule has 1 fully saturated rings. The summed E-state index contributed by atoms with van der Waals surface area (Å²) in [7, 11) is 1.56. The number of methoxy groups -OCH3 is 1. The molecule has 10 heteroatoms. The monoisotopic (exact) mass is 624 g/mol. The Balaban J connectivity index is 1.57. The highest BCUT2D eigenvalue weighted by atomic mass is 16.7. The van der Waals surface area contributed by atoms with Crippen molar-refractivity contribution in [3.05, 3.63) is 42.0 Å². The summed E-state index contributed by atoms with van der Waals surface area (Å²) in [5.41, 5.74) is 0.804. The maximum absolute atomic E-state index is 14.0. The van der Waals surface area contributed by atoms with Crippen LogP contribution in [0.4, 0.5) is 0 Å². The van der Waals surface area contributed by atoms with Crippen LogP contribution in [0.25, 0.3) is 0 Å². The van der Waals surface area contributed by atoms with E-state index < -0.39 is 11.9 Å². The van der Waals surface area contributed by atoms with Crippen molar-refractivity contribution in [3.8, 4) is 17.2 Å². The van der Waals surface area contributed by atoms with Crippen LogP contribution < -0.4 is 14.2 Å². The Morgan fingerprint density at radius 3 is 2.53 bits per heavy atom. The molecule has 1 aromatic heterocycles. The number of aliphatic carboxylic acids is 1. The average Bonchev–Trinajstić information content (AvgIpc) is 3.68. The fourth-order valence-electron chi connectivity index (χ4n) is 7.04. The third-order valence-corrected chi connectivity index (χ3v) is 9.87. The minimum atomic E-state index is -0.885. The fraction of sp³-hybridized carbons (Fsp3) is 0.657. The van der Waals surface area contributed by atoms with E-state index in [1.165, 1.54) is 6.42 Å². The SMILES string of the molecule is CCCCN(CCCC(CC)C(C)CC)C(=O)CN1C[C@H](c2cc(OC)c3c(c2)OCO3)[C@@H](C(=O)O)[C@@H]1CCc1ncccn1. The van der Waals surface area contributed by atoms with Gasteiger partial charge in [-0.05, 0) is 61.3 Å². The molecular weight excluding hydrogens is 572 g/mol. The number of likely N-dealkylation sites (tertiary alicyclic amines) is 1. The molecule has 0 spiro atoms. The molecule has 248 valence electrons. The normalized spacial score (nSPS) is 20.6. The first-order chi connectivity index (χ1) is 21.8. The number of amides is 1. The minimum absolute atomic E-state index is 0.0639. The van der Waals surface area contributed by atoms with E-state index in [1.54, 1.807) is 25.6 Å². The summed E-state index contributed by atoms with van der Waals surface area (Å²) in [4.78, 5) is 39.8. The summed E-state index contributed by atoms with van der Waals surface area (Å²) in [6, 6.07) is 5.11. The Hall–Kier alpha value is -3.40. The first-order valence-corrected chi connectivity index (χ1v) is 16.8. The van der Waals surface area contributed by atoms with Gasteiger partial charge in [0.05, 0.1) is 19.6 Å². The molecule has 4 rings (SSSR count). The zero-order valence-electron chi connectivity index (χ0n) is 27.7. The number of hydrogen-bond donors (Lipinski definition) is 1. The van der Waals surface area contributed by atoms with Gasteiger partial charge in [0.15, 0.2) is 11.5 Å². The molecule has 3 heterocycles. The molecule has 1 N–H and O–H groups in total. The zero-order valence-corrected chi connectivity index (χ0v) is 27.7. The number of aryl methyl sites for hydroxylation is 1. The fourth-order valence-corrected chi connectivity index (χ4v) is 7.04. The van der Waals surface area contributed by atoms with Crippen LogP contribution in [-0.4, -0.2) is 82.9 Å². The summed E-state index contributed by atoms with van der Waals surface area (Å²) in [5.74, 6) is 1.66. The number of aromatic nitrogens is 2. The van der Waals surface area contributed by atoms with Crippen LogP contribution in [-0.2, 0) is 16.0 Å². The minimum Gasteiger partial charge on any atom is -0.493 e. The Morgan fingerprint density at radius 1 is 1.11 bits per heavy atom. The van der Waals surface area contributed by atoms with Crippen LogP contribution in [0.3, 0.4) is 0 Å². The molecule has 2 aliphatic heterocycles. The van der Waals surface area contributed by atoms with Crippen molar-refractivity contribution in [1.82, 2.24) is 19.8 Å². The van der Waals surface area contributed by atoms with E-state index in [1.807, 2.05) is 17.0 Å². The van der Waals surface area contributed by atoms with Crippen LogP contribution in [0.5, 0.6) is 17.2 Å². The van der Waals surface area contributed by atoms with Crippen molar-refractivity contribution >= 4 is 11.9 Å². The van der Waals surface area contributed by atoms with Crippen LogP contribution in [0.1, 0.15) is 89.9 Å². The maximum atomic E-state index is 14.0. The van der Waals surface area contributed by atoms with Gasteiger partial charge in [0.25, 0.3) is 0 Å². The van der Waals surface area contributed by atoms with Gasteiger partial charge in [-0.25, -0.2) is 9.97 Å². The van der Waals surface area contributed by atoms with Crippen LogP contribution in [0, 0.1) is 17.8 Å². The number of carbonyl (C=O) groups excluding carboxylic acids is 1. The number of rotatable bonds is 18. The molecule has 2 aromatic rings. The van der Waals surface area contributed by atoms with Crippen molar-refractivity contribution in [2.45, 2.75) is 91.0 Å². The topological polar surface area (TPSA) is 114 Å². The Bertz CT molecular complexity index is 1240. The van der Waals surface area contributed by atoms with Crippen LogP contribution >= 0.6 is 0 Å². The van der Waals surface area contributed by atoms with Crippen molar-refractivity contribution < 1.29 is 28.9 Å². The van der Waals surface area contributed by atoms with E-state index in [-0.39, 0.29) is 31.2 Å². The van der Waals surface area contributed by atoms with Gasteiger partial charge in [-0.1, -0.05) is 47.0 Å². The second kappa shape index (κ2) is 16.8. The molecule has 0 radical (unpaired) electrons. The molecule has 1 aromatic carbocycles. The largest absolute Gasteiger partial charge is 0.493 e. The van der Waals surface area contributed by atoms with Crippen molar-refractivity contribution in [2.24, 2.45) is 17.8 Å². The first-order valence-electron chi connectivity index (χ1n) is 16.8. The summed E-state index contributed by atoms with van der Waals surface area (Å²) in [5, 5.41) is 10.6. The van der Waals surface area contributed by atoms with Crippen molar-refractivity contribution in [2.75, 3.05) is 40.1 Å². The second-order valence-corrected chi connectivity index (χ2v) is 12.6. The molecule has 0 saturated carbocycles. The lowest BCUT2D eigenvalue weighted by Crippen LogP contribution is -2.45. The van der Waals surface area contributed by atoms with Gasteiger partial charge in [-0.2, -0.15) is 0 Å². The number of fused-ring (bicyclic) bond motifs is 1. The zero-order chi connectivity index (χ0) is 32.3. The second-order valence-electron chi connectivity index (χ2n) is 12.6.